The van der Waals surface area contributed by atoms with Gasteiger partial charge in [0.1, 0.15) is 18.0 Å². The lowest BCUT2D eigenvalue weighted by Crippen LogP contribution is -2.29. The second kappa shape index (κ2) is 7.40. The van der Waals surface area contributed by atoms with Crippen molar-refractivity contribution in [1.82, 2.24) is 0 Å². The average Bonchev–Trinajstić information content (AvgIpc) is 2.21. The molecule has 2 unspecified atom stereocenters. The molecule has 5 nitrogen and oxygen atoms in total. The monoisotopic (exact) mass is 246 g/mol. The third kappa shape index (κ3) is 7.88. The summed E-state index contributed by atoms with van der Waals surface area (Å²) in [6.45, 7) is 5.41. The zero-order valence-corrected chi connectivity index (χ0v) is 11.2. The molecule has 0 radical (unpaired) electrons. The first-order chi connectivity index (χ1) is 7.82. The summed E-state index contributed by atoms with van der Waals surface area (Å²) in [5, 5.41) is 0. The summed E-state index contributed by atoms with van der Waals surface area (Å²) >= 11 is 0. The molecule has 0 aromatic rings. The fourth-order valence-corrected chi connectivity index (χ4v) is 1.30. The van der Waals surface area contributed by atoms with Crippen molar-refractivity contribution in [3.05, 3.63) is 0 Å². The molecule has 0 aromatic heterocycles. The summed E-state index contributed by atoms with van der Waals surface area (Å²) in [5.41, 5.74) is -0.513. The van der Waals surface area contributed by atoms with E-state index in [9.17, 15) is 9.59 Å². The summed E-state index contributed by atoms with van der Waals surface area (Å²) in [4.78, 5) is 22.2. The molecule has 0 spiro atoms. The highest BCUT2D eigenvalue weighted by Crippen LogP contribution is 2.13. The predicted octanol–water partition coefficient (Wildman–Crippen LogP) is 1.34. The van der Waals surface area contributed by atoms with Crippen molar-refractivity contribution in [2.24, 2.45) is 0 Å². The van der Waals surface area contributed by atoms with Crippen molar-refractivity contribution in [2.75, 3.05) is 14.2 Å². The topological polar surface area (TPSA) is 61.8 Å². The number of esters is 1. The molecule has 17 heavy (non-hydrogen) atoms. The van der Waals surface area contributed by atoms with Gasteiger partial charge in [0.2, 0.25) is 0 Å². The van der Waals surface area contributed by atoms with E-state index in [0.29, 0.717) is 12.7 Å². The second-order valence-corrected chi connectivity index (χ2v) is 4.79. The maximum Gasteiger partial charge on any atom is 0.308 e. The van der Waals surface area contributed by atoms with Crippen LogP contribution in [0.1, 0.15) is 33.6 Å². The highest BCUT2D eigenvalue weighted by atomic mass is 16.6. The highest BCUT2D eigenvalue weighted by molar-refractivity contribution is 5.70. The molecule has 5 heteroatoms. The normalized spacial score (nSPS) is 15.1. The summed E-state index contributed by atoms with van der Waals surface area (Å²) < 4.78 is 15.2. The Kier molecular flexibility index (Phi) is 6.99. The van der Waals surface area contributed by atoms with Crippen LogP contribution in [0.3, 0.4) is 0 Å². The zero-order chi connectivity index (χ0) is 13.5. The maximum absolute atomic E-state index is 11.6. The fourth-order valence-electron chi connectivity index (χ4n) is 1.30. The molecular weight excluding hydrogens is 224 g/mol. The molecule has 0 N–H and O–H groups in total. The molecule has 0 aliphatic heterocycles. The lowest BCUT2D eigenvalue weighted by atomic mass is 10.1. The molecule has 0 rings (SSSR count). The van der Waals surface area contributed by atoms with Crippen molar-refractivity contribution < 1.29 is 23.8 Å². The number of ether oxygens (including phenoxy) is 3. The van der Waals surface area contributed by atoms with Crippen LogP contribution in [0.15, 0.2) is 0 Å². The molecule has 0 aromatic carbocycles. The minimum Gasteiger partial charge on any atom is -0.460 e. The van der Waals surface area contributed by atoms with Gasteiger partial charge in [0.25, 0.3) is 0 Å². The van der Waals surface area contributed by atoms with Crippen molar-refractivity contribution in [2.45, 2.75) is 51.4 Å². The number of rotatable bonds is 7. The molecule has 0 saturated heterocycles. The molecule has 0 amide bonds. The molecule has 0 aliphatic carbocycles. The Bertz CT molecular complexity index is 244. The highest BCUT2D eigenvalue weighted by Gasteiger charge is 2.22. The molecule has 0 fully saturated rings. The Hall–Kier alpha value is -0.940. The van der Waals surface area contributed by atoms with Crippen LogP contribution in [-0.4, -0.2) is 44.3 Å². The van der Waals surface area contributed by atoms with E-state index < -0.39 is 11.7 Å². The first kappa shape index (κ1) is 16.1. The van der Waals surface area contributed by atoms with Crippen molar-refractivity contribution in [3.63, 3.8) is 0 Å². The van der Waals surface area contributed by atoms with Crippen LogP contribution >= 0.6 is 0 Å². The first-order valence-electron chi connectivity index (χ1n) is 5.55. The quantitative estimate of drug-likeness (QED) is 0.501. The van der Waals surface area contributed by atoms with Crippen molar-refractivity contribution >= 4 is 12.3 Å². The molecule has 100 valence electrons. The van der Waals surface area contributed by atoms with E-state index in [1.807, 2.05) is 0 Å². The summed E-state index contributed by atoms with van der Waals surface area (Å²) in [6.07, 6.45) is 0.223. The molecule has 2 atom stereocenters. The van der Waals surface area contributed by atoms with Gasteiger partial charge >= 0.3 is 5.97 Å². The van der Waals surface area contributed by atoms with Crippen LogP contribution < -0.4 is 0 Å². The fraction of sp³-hybridized carbons (Fsp3) is 0.833. The molecule has 0 saturated carbocycles. The summed E-state index contributed by atoms with van der Waals surface area (Å²) in [7, 11) is 2.94. The standard InChI is InChI=1S/C12H22O5/c1-12(2,3)17-11(14)7-9(15-4)6-10(8-13)16-5/h8-10H,6-7H2,1-5H3. The number of carbonyl (C=O) groups is 2. The lowest BCUT2D eigenvalue weighted by Gasteiger charge is -2.22. The average molecular weight is 246 g/mol. The van der Waals surface area contributed by atoms with E-state index in [1.54, 1.807) is 20.8 Å². The van der Waals surface area contributed by atoms with Crippen LogP contribution in [0.25, 0.3) is 0 Å². The number of hydrogen-bond donors (Lipinski definition) is 0. The largest absolute Gasteiger partial charge is 0.460 e. The van der Waals surface area contributed by atoms with Crippen LogP contribution in [0.2, 0.25) is 0 Å². The third-order valence-electron chi connectivity index (χ3n) is 2.10. The minimum absolute atomic E-state index is 0.113. The predicted molar refractivity (Wildman–Crippen MR) is 62.7 cm³/mol. The van der Waals surface area contributed by atoms with Gasteiger partial charge in [-0.25, -0.2) is 0 Å². The van der Waals surface area contributed by atoms with Gasteiger partial charge in [0.05, 0.1) is 12.5 Å². The Morgan fingerprint density at radius 2 is 1.82 bits per heavy atom. The van der Waals surface area contributed by atoms with E-state index in [0.717, 1.165) is 0 Å². The van der Waals surface area contributed by atoms with Gasteiger partial charge in [-0.3, -0.25) is 4.79 Å². The van der Waals surface area contributed by atoms with Crippen LogP contribution in [0.5, 0.6) is 0 Å². The number of carbonyl (C=O) groups excluding carboxylic acids is 2. The molecule has 0 heterocycles. The van der Waals surface area contributed by atoms with E-state index in [4.69, 9.17) is 14.2 Å². The van der Waals surface area contributed by atoms with E-state index in [1.165, 1.54) is 14.2 Å². The van der Waals surface area contributed by atoms with Crippen molar-refractivity contribution in [1.29, 1.82) is 0 Å². The smallest absolute Gasteiger partial charge is 0.308 e. The van der Waals surface area contributed by atoms with Crippen molar-refractivity contribution in [3.8, 4) is 0 Å². The number of aldehydes is 1. The Labute approximate surface area is 102 Å². The Morgan fingerprint density at radius 1 is 1.24 bits per heavy atom. The van der Waals surface area contributed by atoms with Gasteiger partial charge in [0.15, 0.2) is 0 Å². The molecule has 0 aliphatic rings. The van der Waals surface area contributed by atoms with Crippen LogP contribution in [0.4, 0.5) is 0 Å². The zero-order valence-electron chi connectivity index (χ0n) is 11.2. The molecular formula is C12H22O5. The van der Waals surface area contributed by atoms with Gasteiger partial charge < -0.3 is 19.0 Å². The number of methoxy groups -OCH3 is 2. The summed E-state index contributed by atoms with van der Waals surface area (Å²) in [6, 6.07) is 0. The van der Waals surface area contributed by atoms with Gasteiger partial charge in [-0.05, 0) is 20.8 Å². The molecule has 0 bridgehead atoms. The first-order valence-corrected chi connectivity index (χ1v) is 5.55. The van der Waals surface area contributed by atoms with E-state index in [-0.39, 0.29) is 18.5 Å². The SMILES string of the molecule is COC(C=O)CC(CC(=O)OC(C)(C)C)OC. The minimum atomic E-state index is -0.553. The summed E-state index contributed by atoms with van der Waals surface area (Å²) in [5.74, 6) is -0.342. The van der Waals surface area contributed by atoms with Gasteiger partial charge in [-0.1, -0.05) is 0 Å². The van der Waals surface area contributed by atoms with Crippen LogP contribution in [-0.2, 0) is 23.8 Å². The van der Waals surface area contributed by atoms with Crippen LogP contribution in [0, 0.1) is 0 Å². The second-order valence-electron chi connectivity index (χ2n) is 4.79. The Balaban J connectivity index is 4.21. The Morgan fingerprint density at radius 3 is 2.18 bits per heavy atom. The third-order valence-corrected chi connectivity index (χ3v) is 2.10. The van der Waals surface area contributed by atoms with E-state index in [2.05, 4.69) is 0 Å². The van der Waals surface area contributed by atoms with Gasteiger partial charge in [0, 0.05) is 20.6 Å². The maximum atomic E-state index is 11.6. The number of hydrogen-bond acceptors (Lipinski definition) is 5. The van der Waals surface area contributed by atoms with Gasteiger partial charge in [-0.2, -0.15) is 0 Å². The van der Waals surface area contributed by atoms with Gasteiger partial charge in [-0.15, -0.1) is 0 Å². The van der Waals surface area contributed by atoms with E-state index >= 15 is 0 Å². The lowest BCUT2D eigenvalue weighted by molar-refractivity contribution is -0.158.